The summed E-state index contributed by atoms with van der Waals surface area (Å²) in [6, 6.07) is 7.41. The first-order chi connectivity index (χ1) is 6.83. The molecule has 0 aliphatic rings. The molecular formula is C11H16OS2. The van der Waals surface area contributed by atoms with E-state index in [4.69, 9.17) is 5.11 Å². The van der Waals surface area contributed by atoms with Crippen molar-refractivity contribution >= 4 is 23.5 Å². The second kappa shape index (κ2) is 7.07. The molecule has 0 bridgehead atoms. The van der Waals surface area contributed by atoms with E-state index < -0.39 is 0 Å². The Bertz CT molecular complexity index is 246. The van der Waals surface area contributed by atoms with E-state index >= 15 is 0 Å². The zero-order valence-corrected chi connectivity index (χ0v) is 10.0. The van der Waals surface area contributed by atoms with Gasteiger partial charge in [0.2, 0.25) is 0 Å². The number of hydrogen-bond acceptors (Lipinski definition) is 3. The second-order valence-corrected chi connectivity index (χ2v) is 5.46. The van der Waals surface area contributed by atoms with Gasteiger partial charge in [0.05, 0.1) is 0 Å². The van der Waals surface area contributed by atoms with Crippen LogP contribution in [0.25, 0.3) is 0 Å². The summed E-state index contributed by atoms with van der Waals surface area (Å²) in [6.07, 6.45) is 1.25. The van der Waals surface area contributed by atoms with Gasteiger partial charge in [-0.05, 0) is 47.9 Å². The van der Waals surface area contributed by atoms with E-state index in [-0.39, 0.29) is 0 Å². The van der Waals surface area contributed by atoms with Crippen LogP contribution in [0.1, 0.15) is 13.3 Å². The SMILES string of the molecule is CCSCCCSc1ccc(O)cc1. The minimum atomic E-state index is 0.343. The van der Waals surface area contributed by atoms with Crippen molar-refractivity contribution in [1.29, 1.82) is 0 Å². The molecule has 1 aromatic carbocycles. The van der Waals surface area contributed by atoms with Gasteiger partial charge in [-0.25, -0.2) is 0 Å². The first-order valence-electron chi connectivity index (χ1n) is 4.82. The Morgan fingerprint density at radius 1 is 1.14 bits per heavy atom. The molecule has 0 aliphatic heterocycles. The summed E-state index contributed by atoms with van der Waals surface area (Å²) in [5.74, 6) is 3.97. The molecule has 0 heterocycles. The molecule has 0 amide bonds. The molecule has 0 saturated heterocycles. The predicted molar refractivity (Wildman–Crippen MR) is 66.4 cm³/mol. The minimum absolute atomic E-state index is 0.343. The van der Waals surface area contributed by atoms with Crippen molar-refractivity contribution in [2.75, 3.05) is 17.3 Å². The second-order valence-electron chi connectivity index (χ2n) is 2.89. The molecule has 0 fully saturated rings. The fourth-order valence-electron chi connectivity index (χ4n) is 1.04. The highest BCUT2D eigenvalue weighted by molar-refractivity contribution is 8.00. The summed E-state index contributed by atoms with van der Waals surface area (Å²) in [6.45, 7) is 2.19. The van der Waals surface area contributed by atoms with Gasteiger partial charge < -0.3 is 5.11 Å². The van der Waals surface area contributed by atoms with E-state index in [9.17, 15) is 0 Å². The number of aromatic hydroxyl groups is 1. The van der Waals surface area contributed by atoms with Gasteiger partial charge in [-0.3, -0.25) is 0 Å². The Balaban J connectivity index is 2.15. The molecule has 0 atom stereocenters. The summed E-state index contributed by atoms with van der Waals surface area (Å²) in [5, 5.41) is 9.09. The van der Waals surface area contributed by atoms with Crippen LogP contribution in [0.3, 0.4) is 0 Å². The first kappa shape index (κ1) is 11.8. The smallest absolute Gasteiger partial charge is 0.115 e. The van der Waals surface area contributed by atoms with Gasteiger partial charge in [-0.2, -0.15) is 11.8 Å². The number of phenols is 1. The van der Waals surface area contributed by atoms with Crippen molar-refractivity contribution in [1.82, 2.24) is 0 Å². The van der Waals surface area contributed by atoms with Crippen LogP contribution in [0.2, 0.25) is 0 Å². The molecule has 0 aliphatic carbocycles. The third-order valence-electron chi connectivity index (χ3n) is 1.74. The fraction of sp³-hybridized carbons (Fsp3) is 0.455. The van der Waals surface area contributed by atoms with Gasteiger partial charge in [0.25, 0.3) is 0 Å². The van der Waals surface area contributed by atoms with Crippen molar-refractivity contribution < 1.29 is 5.11 Å². The van der Waals surface area contributed by atoms with Crippen LogP contribution in [0.4, 0.5) is 0 Å². The largest absolute Gasteiger partial charge is 0.508 e. The maximum absolute atomic E-state index is 9.09. The summed E-state index contributed by atoms with van der Waals surface area (Å²) in [5.41, 5.74) is 0. The number of rotatable bonds is 6. The number of benzene rings is 1. The van der Waals surface area contributed by atoms with Gasteiger partial charge >= 0.3 is 0 Å². The highest BCUT2D eigenvalue weighted by Crippen LogP contribution is 2.21. The van der Waals surface area contributed by atoms with Crippen LogP contribution < -0.4 is 0 Å². The van der Waals surface area contributed by atoms with E-state index in [0.717, 1.165) is 5.75 Å². The predicted octanol–water partition coefficient (Wildman–Crippen LogP) is 3.63. The monoisotopic (exact) mass is 228 g/mol. The average molecular weight is 228 g/mol. The van der Waals surface area contributed by atoms with Gasteiger partial charge in [0, 0.05) is 4.90 Å². The Labute approximate surface area is 94.3 Å². The molecule has 1 rings (SSSR count). The van der Waals surface area contributed by atoms with Crippen molar-refractivity contribution in [2.24, 2.45) is 0 Å². The summed E-state index contributed by atoms with van der Waals surface area (Å²) >= 11 is 3.85. The van der Waals surface area contributed by atoms with Crippen molar-refractivity contribution in [3.8, 4) is 5.75 Å². The maximum Gasteiger partial charge on any atom is 0.115 e. The van der Waals surface area contributed by atoms with E-state index in [2.05, 4.69) is 6.92 Å². The van der Waals surface area contributed by atoms with E-state index in [1.54, 1.807) is 12.1 Å². The lowest BCUT2D eigenvalue weighted by atomic mass is 10.3. The lowest BCUT2D eigenvalue weighted by Crippen LogP contribution is -1.84. The Hall–Kier alpha value is -0.280. The lowest BCUT2D eigenvalue weighted by molar-refractivity contribution is 0.475. The molecule has 0 radical (unpaired) electrons. The molecule has 0 aromatic heterocycles. The van der Waals surface area contributed by atoms with Crippen LogP contribution in [0, 0.1) is 0 Å². The number of phenolic OH excluding ortho intramolecular Hbond substituents is 1. The van der Waals surface area contributed by atoms with Crippen LogP contribution in [0.15, 0.2) is 29.2 Å². The number of thioether (sulfide) groups is 2. The third kappa shape index (κ3) is 4.82. The maximum atomic E-state index is 9.09. The zero-order valence-electron chi connectivity index (χ0n) is 8.40. The highest BCUT2D eigenvalue weighted by Gasteiger charge is 1.94. The van der Waals surface area contributed by atoms with Crippen molar-refractivity contribution in [3.05, 3.63) is 24.3 Å². The summed E-state index contributed by atoms with van der Waals surface area (Å²) in [7, 11) is 0. The van der Waals surface area contributed by atoms with Gasteiger partial charge in [0.1, 0.15) is 5.75 Å². The standard InChI is InChI=1S/C11H16OS2/c1-2-13-8-3-9-14-11-6-4-10(12)5-7-11/h4-7,12H,2-3,8-9H2,1H3. The third-order valence-corrected chi connectivity index (χ3v) is 3.83. The number of hydrogen-bond donors (Lipinski definition) is 1. The zero-order chi connectivity index (χ0) is 10.2. The molecule has 3 heteroatoms. The normalized spacial score (nSPS) is 10.4. The van der Waals surface area contributed by atoms with Crippen molar-refractivity contribution in [3.63, 3.8) is 0 Å². The first-order valence-corrected chi connectivity index (χ1v) is 6.96. The fourth-order valence-corrected chi connectivity index (χ4v) is 2.71. The Morgan fingerprint density at radius 3 is 2.50 bits per heavy atom. The minimum Gasteiger partial charge on any atom is -0.508 e. The van der Waals surface area contributed by atoms with Crippen LogP contribution in [0.5, 0.6) is 5.75 Å². The van der Waals surface area contributed by atoms with Gasteiger partial charge in [-0.15, -0.1) is 11.8 Å². The summed E-state index contributed by atoms with van der Waals surface area (Å²) < 4.78 is 0. The van der Waals surface area contributed by atoms with Crippen LogP contribution in [-0.4, -0.2) is 22.4 Å². The highest BCUT2D eigenvalue weighted by atomic mass is 32.2. The Kier molecular flexibility index (Phi) is 5.96. The quantitative estimate of drug-likeness (QED) is 0.593. The van der Waals surface area contributed by atoms with E-state index in [0.29, 0.717) is 5.75 Å². The molecule has 1 nitrogen and oxygen atoms in total. The average Bonchev–Trinajstić information content (AvgIpc) is 2.21. The Morgan fingerprint density at radius 2 is 1.86 bits per heavy atom. The topological polar surface area (TPSA) is 20.2 Å². The molecule has 0 unspecified atom stereocenters. The molecule has 1 aromatic rings. The molecule has 0 spiro atoms. The molecule has 0 saturated carbocycles. The van der Waals surface area contributed by atoms with Crippen LogP contribution >= 0.6 is 23.5 Å². The summed E-state index contributed by atoms with van der Waals surface area (Å²) in [4.78, 5) is 1.24. The molecule has 78 valence electrons. The molecule has 1 N–H and O–H groups in total. The van der Waals surface area contributed by atoms with Gasteiger partial charge in [0.15, 0.2) is 0 Å². The van der Waals surface area contributed by atoms with Crippen LogP contribution in [-0.2, 0) is 0 Å². The molecule has 14 heavy (non-hydrogen) atoms. The van der Waals surface area contributed by atoms with E-state index in [1.807, 2.05) is 35.7 Å². The van der Waals surface area contributed by atoms with E-state index in [1.165, 1.54) is 22.8 Å². The van der Waals surface area contributed by atoms with Gasteiger partial charge in [-0.1, -0.05) is 6.92 Å². The molecular weight excluding hydrogens is 212 g/mol. The lowest BCUT2D eigenvalue weighted by Gasteiger charge is -2.01. The van der Waals surface area contributed by atoms with Crippen molar-refractivity contribution in [2.45, 2.75) is 18.2 Å².